The highest BCUT2D eigenvalue weighted by Gasteiger charge is 2.44. The highest BCUT2D eigenvalue weighted by atomic mass is 19.4. The molecule has 1 atom stereocenters. The van der Waals surface area contributed by atoms with Gasteiger partial charge in [-0.1, -0.05) is 24.3 Å². The zero-order valence-corrected chi connectivity index (χ0v) is 15.6. The van der Waals surface area contributed by atoms with E-state index in [9.17, 15) is 40.7 Å². The Labute approximate surface area is 166 Å². The predicted octanol–water partition coefficient (Wildman–Crippen LogP) is 4.69. The molecule has 162 valence electrons. The Balaban J connectivity index is 2.82. The summed E-state index contributed by atoms with van der Waals surface area (Å²) in [5.74, 6) is -5.73. The second kappa shape index (κ2) is 8.33. The molecule has 1 unspecified atom stereocenters. The van der Waals surface area contributed by atoms with Crippen molar-refractivity contribution in [3.63, 3.8) is 0 Å². The van der Waals surface area contributed by atoms with Crippen LogP contribution < -0.4 is 5.32 Å². The molecule has 2 aromatic carbocycles. The average molecular weight is 435 g/mol. The Kier molecular flexibility index (Phi) is 6.43. The van der Waals surface area contributed by atoms with E-state index >= 15 is 0 Å². The van der Waals surface area contributed by atoms with E-state index in [-0.39, 0.29) is 23.4 Å². The first-order valence-corrected chi connectivity index (χ1v) is 8.51. The molecule has 0 aliphatic heterocycles. The zero-order chi connectivity index (χ0) is 22.9. The van der Waals surface area contributed by atoms with Gasteiger partial charge < -0.3 is 10.1 Å². The van der Waals surface area contributed by atoms with Crippen molar-refractivity contribution < 1.29 is 45.5 Å². The van der Waals surface area contributed by atoms with Gasteiger partial charge in [0.15, 0.2) is 0 Å². The maximum absolute atomic E-state index is 13.1. The number of alkyl halides is 6. The highest BCUT2D eigenvalue weighted by Crippen LogP contribution is 2.37. The average Bonchev–Trinajstić information content (AvgIpc) is 2.65. The molecule has 0 spiro atoms. The molecule has 0 heterocycles. The van der Waals surface area contributed by atoms with E-state index in [1.165, 1.54) is 26.0 Å². The first kappa shape index (κ1) is 23.2. The number of rotatable bonds is 6. The van der Waals surface area contributed by atoms with E-state index in [1.807, 2.05) is 0 Å². The van der Waals surface area contributed by atoms with E-state index in [1.54, 1.807) is 0 Å². The summed E-state index contributed by atoms with van der Waals surface area (Å²) in [5.41, 5.74) is -2.86. The minimum atomic E-state index is -5.44. The molecule has 0 bridgehead atoms. The van der Waals surface area contributed by atoms with Crippen LogP contribution in [0.3, 0.4) is 0 Å². The first-order valence-electron chi connectivity index (χ1n) is 8.51. The van der Waals surface area contributed by atoms with Crippen molar-refractivity contribution in [1.82, 2.24) is 0 Å². The monoisotopic (exact) mass is 435 g/mol. The Hall–Kier alpha value is -3.11. The van der Waals surface area contributed by atoms with Crippen LogP contribution in [0.2, 0.25) is 0 Å². The molecule has 2 rings (SSSR count). The summed E-state index contributed by atoms with van der Waals surface area (Å²) in [6.45, 7) is 2.71. The van der Waals surface area contributed by atoms with Gasteiger partial charge in [0, 0.05) is 10.9 Å². The van der Waals surface area contributed by atoms with Crippen molar-refractivity contribution in [3.05, 3.63) is 41.5 Å². The third-order valence-electron chi connectivity index (χ3n) is 4.05. The van der Waals surface area contributed by atoms with Crippen LogP contribution >= 0.6 is 0 Å². The summed E-state index contributed by atoms with van der Waals surface area (Å²) in [5, 5.41) is 1.80. The lowest BCUT2D eigenvalue weighted by Gasteiger charge is -2.21. The highest BCUT2D eigenvalue weighted by molar-refractivity contribution is 6.19. The maximum atomic E-state index is 13.1. The van der Waals surface area contributed by atoms with Crippen LogP contribution in [-0.2, 0) is 9.53 Å². The standard InChI is InChI=1S/C19H15F6NO4/c1-3-30-17(29)9(2)26-14-11-7-5-4-6-10(11)12(15(27)18(20,21)22)8-13(14)16(28)19(23,24)25/h4-9,26H,3H2,1-2H3. The Morgan fingerprint density at radius 3 is 1.93 bits per heavy atom. The molecule has 11 heteroatoms. The molecule has 0 amide bonds. The lowest BCUT2D eigenvalue weighted by Crippen LogP contribution is -2.31. The molecule has 0 aromatic heterocycles. The van der Waals surface area contributed by atoms with E-state index in [0.29, 0.717) is 0 Å². The number of nitrogens with one attached hydrogen (secondary N) is 1. The first-order chi connectivity index (χ1) is 13.8. The van der Waals surface area contributed by atoms with Gasteiger partial charge in [-0.05, 0) is 25.3 Å². The number of hydrogen-bond donors (Lipinski definition) is 1. The van der Waals surface area contributed by atoms with Crippen molar-refractivity contribution in [2.75, 3.05) is 11.9 Å². The van der Waals surface area contributed by atoms with Crippen LogP contribution in [-0.4, -0.2) is 42.5 Å². The number of hydrogen-bond acceptors (Lipinski definition) is 5. The zero-order valence-electron chi connectivity index (χ0n) is 15.6. The topological polar surface area (TPSA) is 72.5 Å². The maximum Gasteiger partial charge on any atom is 0.454 e. The molecule has 30 heavy (non-hydrogen) atoms. The fraction of sp³-hybridized carbons (Fsp3) is 0.316. The lowest BCUT2D eigenvalue weighted by molar-refractivity contribution is -0.143. The Bertz CT molecular complexity index is 997. The summed E-state index contributed by atoms with van der Waals surface area (Å²) in [4.78, 5) is 35.7. The lowest BCUT2D eigenvalue weighted by atomic mass is 9.93. The van der Waals surface area contributed by atoms with Gasteiger partial charge in [-0.15, -0.1) is 0 Å². The molecule has 1 N–H and O–H groups in total. The normalized spacial score (nSPS) is 13.1. The number of ketones is 2. The SMILES string of the molecule is CCOC(=O)C(C)Nc1c(C(=O)C(F)(F)F)cc(C(=O)C(F)(F)F)c2ccccc12. The molecular formula is C19H15F6NO4. The number of carbonyl (C=O) groups is 3. The minimum Gasteiger partial charge on any atom is -0.464 e. The van der Waals surface area contributed by atoms with E-state index in [4.69, 9.17) is 4.74 Å². The largest absolute Gasteiger partial charge is 0.464 e. The van der Waals surface area contributed by atoms with E-state index in [2.05, 4.69) is 5.32 Å². The summed E-state index contributed by atoms with van der Waals surface area (Å²) >= 11 is 0. The summed E-state index contributed by atoms with van der Waals surface area (Å²) in [6.07, 6.45) is -10.8. The Morgan fingerprint density at radius 1 is 0.933 bits per heavy atom. The van der Waals surface area contributed by atoms with Crippen molar-refractivity contribution in [2.45, 2.75) is 32.2 Å². The predicted molar refractivity (Wildman–Crippen MR) is 94.4 cm³/mol. The third-order valence-corrected chi connectivity index (χ3v) is 4.05. The van der Waals surface area contributed by atoms with E-state index < -0.39 is 52.7 Å². The van der Waals surface area contributed by atoms with Crippen molar-refractivity contribution >= 4 is 34.0 Å². The van der Waals surface area contributed by atoms with Crippen molar-refractivity contribution in [3.8, 4) is 0 Å². The molecule has 0 radical (unpaired) electrons. The van der Waals surface area contributed by atoms with Crippen LogP contribution in [0.5, 0.6) is 0 Å². The summed E-state index contributed by atoms with van der Waals surface area (Å²) in [6, 6.07) is 3.81. The Morgan fingerprint density at radius 2 is 1.43 bits per heavy atom. The van der Waals surface area contributed by atoms with Gasteiger partial charge in [-0.3, -0.25) is 9.59 Å². The smallest absolute Gasteiger partial charge is 0.454 e. The second-order valence-corrected chi connectivity index (χ2v) is 6.16. The molecule has 2 aromatic rings. The number of ether oxygens (including phenoxy) is 1. The van der Waals surface area contributed by atoms with Crippen LogP contribution in [0.25, 0.3) is 10.8 Å². The van der Waals surface area contributed by atoms with Crippen LogP contribution in [0.1, 0.15) is 34.6 Å². The number of benzene rings is 2. The van der Waals surface area contributed by atoms with E-state index in [0.717, 1.165) is 12.1 Å². The third kappa shape index (κ3) is 4.71. The fourth-order valence-electron chi connectivity index (χ4n) is 2.75. The fourth-order valence-corrected chi connectivity index (χ4v) is 2.75. The van der Waals surface area contributed by atoms with Crippen LogP contribution in [0.15, 0.2) is 30.3 Å². The van der Waals surface area contributed by atoms with Gasteiger partial charge in [0.25, 0.3) is 11.6 Å². The molecule has 0 saturated carbocycles. The quantitative estimate of drug-likeness (QED) is 0.405. The molecule has 0 fully saturated rings. The van der Waals surface area contributed by atoms with Gasteiger partial charge in [-0.25, -0.2) is 4.79 Å². The number of halogens is 6. The van der Waals surface area contributed by atoms with Crippen LogP contribution in [0, 0.1) is 0 Å². The number of fused-ring (bicyclic) bond motifs is 1. The van der Waals surface area contributed by atoms with Crippen molar-refractivity contribution in [1.29, 1.82) is 0 Å². The minimum absolute atomic E-state index is 0.0288. The number of anilines is 1. The molecule has 0 saturated heterocycles. The number of carbonyl (C=O) groups excluding carboxylic acids is 3. The number of esters is 1. The molecule has 5 nitrogen and oxygen atoms in total. The van der Waals surface area contributed by atoms with Gasteiger partial charge in [0.1, 0.15) is 6.04 Å². The second-order valence-electron chi connectivity index (χ2n) is 6.16. The van der Waals surface area contributed by atoms with Crippen molar-refractivity contribution in [2.24, 2.45) is 0 Å². The van der Waals surface area contributed by atoms with Gasteiger partial charge in [-0.2, -0.15) is 26.3 Å². The molecule has 0 aliphatic rings. The molecule has 0 aliphatic carbocycles. The number of Topliss-reactive ketones (excluding diaryl/α,β-unsaturated/α-hetero) is 2. The summed E-state index contributed by atoms with van der Waals surface area (Å²) in [7, 11) is 0. The molecular weight excluding hydrogens is 420 g/mol. The van der Waals surface area contributed by atoms with Gasteiger partial charge in [0.2, 0.25) is 0 Å². The van der Waals surface area contributed by atoms with Crippen LogP contribution in [0.4, 0.5) is 32.0 Å². The van der Waals surface area contributed by atoms with Gasteiger partial charge >= 0.3 is 18.3 Å². The van der Waals surface area contributed by atoms with Gasteiger partial charge in [0.05, 0.1) is 17.9 Å². The summed E-state index contributed by atoms with van der Waals surface area (Å²) < 4.78 is 83.1.